The van der Waals surface area contributed by atoms with Crippen molar-refractivity contribution in [2.45, 2.75) is 13.0 Å². The highest BCUT2D eigenvalue weighted by Gasteiger charge is 2.21. The summed E-state index contributed by atoms with van der Waals surface area (Å²) < 4.78 is 0. The third-order valence-electron chi connectivity index (χ3n) is 2.67. The Kier molecular flexibility index (Phi) is 3.41. The van der Waals surface area contributed by atoms with Crippen LogP contribution in [0.1, 0.15) is 6.92 Å². The molecule has 0 saturated carbocycles. The number of aromatic nitrogens is 1. The molecular weight excluding hydrogens is 212 g/mol. The van der Waals surface area contributed by atoms with Crippen molar-refractivity contribution in [2.24, 2.45) is 5.92 Å². The van der Waals surface area contributed by atoms with Crippen LogP contribution in [0.15, 0.2) is 18.3 Å². The second kappa shape index (κ2) is 4.79. The molecule has 2 rings (SSSR count). The van der Waals surface area contributed by atoms with Crippen molar-refractivity contribution >= 4 is 17.4 Å². The fraction of sp³-hybridized carbons (Fsp3) is 0.500. The molecule has 1 aliphatic rings. The lowest BCUT2D eigenvalue weighted by Crippen LogP contribution is -2.30. The molecule has 2 unspecified atom stereocenters. The average molecular weight is 227 g/mol. The summed E-state index contributed by atoms with van der Waals surface area (Å²) in [6.45, 7) is 4.07. The lowest BCUT2D eigenvalue weighted by atomic mass is 10.0. The minimum Gasteiger partial charge on any atom is -0.370 e. The van der Waals surface area contributed by atoms with Crippen LogP contribution in [0.2, 0.25) is 5.02 Å². The molecule has 1 aromatic heterocycles. The van der Waals surface area contributed by atoms with Crippen LogP contribution in [-0.2, 0) is 0 Å². The zero-order valence-electron chi connectivity index (χ0n) is 8.63. The predicted octanol–water partition coefficient (Wildman–Crippen LogP) is 1.26. The minimum atomic E-state index is 0.491. The standard InChI is InChI=1S/C10H15ClN4/c1-7-8(5-14-15-7)4-12-10-3-2-9(11)6-13-10/h2-3,6-8,14-15H,4-5H2,1H3,(H,12,13). The van der Waals surface area contributed by atoms with Crippen molar-refractivity contribution in [1.82, 2.24) is 15.8 Å². The van der Waals surface area contributed by atoms with E-state index >= 15 is 0 Å². The molecule has 0 aliphatic carbocycles. The molecule has 3 N–H and O–H groups in total. The number of hydrazine groups is 1. The summed E-state index contributed by atoms with van der Waals surface area (Å²) in [4.78, 5) is 4.18. The number of hydrogen-bond donors (Lipinski definition) is 3. The Morgan fingerprint density at radius 2 is 2.47 bits per heavy atom. The molecule has 82 valence electrons. The second-order valence-corrected chi connectivity index (χ2v) is 4.25. The van der Waals surface area contributed by atoms with Crippen molar-refractivity contribution < 1.29 is 0 Å². The summed E-state index contributed by atoms with van der Waals surface area (Å²) in [5.41, 5.74) is 6.32. The Morgan fingerprint density at radius 1 is 1.60 bits per heavy atom. The van der Waals surface area contributed by atoms with Crippen LogP contribution in [0.4, 0.5) is 5.82 Å². The van der Waals surface area contributed by atoms with Gasteiger partial charge in [-0.2, -0.15) is 0 Å². The first-order chi connectivity index (χ1) is 7.25. The smallest absolute Gasteiger partial charge is 0.125 e. The maximum absolute atomic E-state index is 5.75. The van der Waals surface area contributed by atoms with E-state index < -0.39 is 0 Å². The van der Waals surface area contributed by atoms with Gasteiger partial charge in [0, 0.05) is 31.2 Å². The van der Waals surface area contributed by atoms with E-state index in [0.29, 0.717) is 17.0 Å². The van der Waals surface area contributed by atoms with E-state index in [2.05, 4.69) is 28.1 Å². The molecule has 0 bridgehead atoms. The van der Waals surface area contributed by atoms with Gasteiger partial charge in [-0.15, -0.1) is 0 Å². The van der Waals surface area contributed by atoms with Gasteiger partial charge in [-0.1, -0.05) is 11.6 Å². The molecule has 1 saturated heterocycles. The van der Waals surface area contributed by atoms with Gasteiger partial charge in [0.25, 0.3) is 0 Å². The van der Waals surface area contributed by atoms with Crippen LogP contribution >= 0.6 is 11.6 Å². The molecule has 0 radical (unpaired) electrons. The molecule has 5 heteroatoms. The Balaban J connectivity index is 1.85. The number of nitrogens with one attached hydrogen (secondary N) is 3. The summed E-state index contributed by atoms with van der Waals surface area (Å²) in [5.74, 6) is 1.46. The van der Waals surface area contributed by atoms with Gasteiger partial charge in [-0.25, -0.2) is 4.98 Å². The molecule has 0 amide bonds. The van der Waals surface area contributed by atoms with Gasteiger partial charge in [0.15, 0.2) is 0 Å². The molecule has 0 aromatic carbocycles. The number of pyridine rings is 1. The first-order valence-electron chi connectivity index (χ1n) is 5.09. The van der Waals surface area contributed by atoms with Crippen LogP contribution in [-0.4, -0.2) is 24.1 Å². The third kappa shape index (κ3) is 2.81. The van der Waals surface area contributed by atoms with Crippen LogP contribution in [0, 0.1) is 5.92 Å². The molecule has 1 aliphatic heterocycles. The van der Waals surface area contributed by atoms with Gasteiger partial charge in [0.1, 0.15) is 5.82 Å². The number of rotatable bonds is 3. The van der Waals surface area contributed by atoms with Gasteiger partial charge in [0.2, 0.25) is 0 Å². The average Bonchev–Trinajstić information content (AvgIpc) is 2.63. The summed E-state index contributed by atoms with van der Waals surface area (Å²) >= 11 is 5.75. The third-order valence-corrected chi connectivity index (χ3v) is 2.90. The highest BCUT2D eigenvalue weighted by Crippen LogP contribution is 2.12. The Bertz CT molecular complexity index is 314. The maximum atomic E-state index is 5.75. The van der Waals surface area contributed by atoms with Gasteiger partial charge in [-0.05, 0) is 19.1 Å². The van der Waals surface area contributed by atoms with E-state index in [4.69, 9.17) is 11.6 Å². The van der Waals surface area contributed by atoms with Gasteiger partial charge >= 0.3 is 0 Å². The minimum absolute atomic E-state index is 0.491. The predicted molar refractivity (Wildman–Crippen MR) is 61.8 cm³/mol. The first kappa shape index (κ1) is 10.7. The molecule has 2 atom stereocenters. The van der Waals surface area contributed by atoms with Gasteiger partial charge < -0.3 is 5.32 Å². The zero-order chi connectivity index (χ0) is 10.7. The van der Waals surface area contributed by atoms with E-state index in [1.807, 2.05) is 12.1 Å². The van der Waals surface area contributed by atoms with Gasteiger partial charge in [0.05, 0.1) is 5.02 Å². The second-order valence-electron chi connectivity index (χ2n) is 3.82. The molecule has 2 heterocycles. The maximum Gasteiger partial charge on any atom is 0.125 e. The van der Waals surface area contributed by atoms with E-state index in [1.54, 1.807) is 6.20 Å². The fourth-order valence-electron chi connectivity index (χ4n) is 1.61. The largest absolute Gasteiger partial charge is 0.370 e. The zero-order valence-corrected chi connectivity index (χ0v) is 9.38. The van der Waals surface area contributed by atoms with E-state index in [-0.39, 0.29) is 0 Å². The van der Waals surface area contributed by atoms with E-state index in [1.165, 1.54) is 0 Å². The van der Waals surface area contributed by atoms with Crippen LogP contribution in [0.25, 0.3) is 0 Å². The molecule has 4 nitrogen and oxygen atoms in total. The topological polar surface area (TPSA) is 49.0 Å². The van der Waals surface area contributed by atoms with Crippen LogP contribution in [0.5, 0.6) is 0 Å². The lowest BCUT2D eigenvalue weighted by molar-refractivity contribution is 0.508. The number of hydrogen-bond acceptors (Lipinski definition) is 4. The van der Waals surface area contributed by atoms with Crippen LogP contribution in [0.3, 0.4) is 0 Å². The van der Waals surface area contributed by atoms with Crippen molar-refractivity contribution in [2.75, 3.05) is 18.4 Å². The molecule has 1 aromatic rings. The highest BCUT2D eigenvalue weighted by atomic mass is 35.5. The molecule has 0 spiro atoms. The summed E-state index contributed by atoms with van der Waals surface area (Å²) in [6.07, 6.45) is 1.65. The first-order valence-corrected chi connectivity index (χ1v) is 5.47. The Morgan fingerprint density at radius 3 is 3.07 bits per heavy atom. The van der Waals surface area contributed by atoms with Crippen molar-refractivity contribution in [1.29, 1.82) is 0 Å². The summed E-state index contributed by atoms with van der Waals surface area (Å²) in [6, 6.07) is 4.22. The normalized spacial score (nSPS) is 25.5. The fourth-order valence-corrected chi connectivity index (χ4v) is 1.72. The Labute approximate surface area is 94.4 Å². The lowest BCUT2D eigenvalue weighted by Gasteiger charge is -2.14. The Hall–Kier alpha value is -0.840. The molecule has 15 heavy (non-hydrogen) atoms. The monoisotopic (exact) mass is 226 g/mol. The molecule has 1 fully saturated rings. The highest BCUT2D eigenvalue weighted by molar-refractivity contribution is 6.30. The van der Waals surface area contributed by atoms with Crippen LogP contribution < -0.4 is 16.2 Å². The number of nitrogens with zero attached hydrogens (tertiary/aromatic N) is 1. The van der Waals surface area contributed by atoms with E-state index in [0.717, 1.165) is 18.9 Å². The summed E-state index contributed by atoms with van der Waals surface area (Å²) in [5, 5.41) is 3.96. The van der Waals surface area contributed by atoms with Gasteiger partial charge in [-0.3, -0.25) is 10.9 Å². The van der Waals surface area contributed by atoms with Crippen molar-refractivity contribution in [3.05, 3.63) is 23.4 Å². The number of anilines is 1. The summed E-state index contributed by atoms with van der Waals surface area (Å²) in [7, 11) is 0. The van der Waals surface area contributed by atoms with Crippen molar-refractivity contribution in [3.63, 3.8) is 0 Å². The molecular formula is C10H15ClN4. The van der Waals surface area contributed by atoms with Crippen molar-refractivity contribution in [3.8, 4) is 0 Å². The SMILES string of the molecule is CC1NNCC1CNc1ccc(Cl)cn1. The quantitative estimate of drug-likeness (QED) is 0.727. The number of halogens is 1. The van der Waals surface area contributed by atoms with E-state index in [9.17, 15) is 0 Å².